The molecule has 8 heteroatoms. The zero-order valence-corrected chi connectivity index (χ0v) is 36.8. The summed E-state index contributed by atoms with van der Waals surface area (Å²) in [5.74, 6) is 5.40. The molecule has 4 N–H and O–H groups in total. The van der Waals surface area contributed by atoms with Crippen molar-refractivity contribution in [2.45, 2.75) is 81.1 Å². The van der Waals surface area contributed by atoms with Crippen molar-refractivity contribution in [3.63, 3.8) is 0 Å². The van der Waals surface area contributed by atoms with Crippen LogP contribution >= 0.6 is 0 Å². The van der Waals surface area contributed by atoms with Gasteiger partial charge in [-0.05, 0) is 145 Å². The Kier molecular flexibility index (Phi) is 13.8. The Morgan fingerprint density at radius 3 is 1.03 bits per heavy atom. The van der Waals surface area contributed by atoms with E-state index in [9.17, 15) is 0 Å². The summed E-state index contributed by atoms with van der Waals surface area (Å²) in [6.45, 7) is 20.3. The first kappa shape index (κ1) is 42.4. The van der Waals surface area contributed by atoms with Gasteiger partial charge in [-0.25, -0.2) is 0 Å². The van der Waals surface area contributed by atoms with E-state index < -0.39 is 0 Å². The minimum atomic E-state index is 0.549. The minimum absolute atomic E-state index is 0.549. The Labute approximate surface area is 355 Å². The van der Waals surface area contributed by atoms with E-state index in [1.54, 1.807) is 0 Å². The van der Waals surface area contributed by atoms with Crippen LogP contribution in [0.3, 0.4) is 0 Å². The molecule has 0 amide bonds. The van der Waals surface area contributed by atoms with Crippen LogP contribution in [0.2, 0.25) is 0 Å². The highest BCUT2D eigenvalue weighted by Gasteiger charge is 2.17. The molecule has 1 aliphatic heterocycles. The van der Waals surface area contributed by atoms with Crippen molar-refractivity contribution in [3.05, 3.63) is 140 Å². The minimum Gasteiger partial charge on any atom is -0.493 e. The molecule has 0 unspecified atom stereocenters. The second-order valence-electron chi connectivity index (χ2n) is 17.9. The lowest BCUT2D eigenvalue weighted by molar-refractivity contribution is 0.275. The molecule has 1 aliphatic rings. The van der Waals surface area contributed by atoms with Crippen molar-refractivity contribution in [1.29, 1.82) is 0 Å². The van der Waals surface area contributed by atoms with Crippen LogP contribution in [0.25, 0.3) is 23.3 Å². The molecular formula is C52H64N4O4. The zero-order valence-electron chi connectivity index (χ0n) is 36.8. The monoisotopic (exact) mass is 808 g/mol. The molecule has 60 heavy (non-hydrogen) atoms. The predicted molar refractivity (Wildman–Crippen MR) is 245 cm³/mol. The van der Waals surface area contributed by atoms with Gasteiger partial charge in [-0.15, -0.1) is 0 Å². The summed E-state index contributed by atoms with van der Waals surface area (Å²) in [5, 5.41) is 3.91. The molecule has 0 atom stereocenters. The van der Waals surface area contributed by atoms with Crippen LogP contribution in [0.4, 0.5) is 0 Å². The summed E-state index contributed by atoms with van der Waals surface area (Å²) in [6, 6.07) is 29.7. The summed E-state index contributed by atoms with van der Waals surface area (Å²) in [6.07, 6.45) is 8.21. The van der Waals surface area contributed by atoms with Crippen molar-refractivity contribution in [3.8, 4) is 23.0 Å². The van der Waals surface area contributed by atoms with Gasteiger partial charge in [0.1, 0.15) is 23.0 Å². The number of benzene rings is 2. The van der Waals surface area contributed by atoms with Gasteiger partial charge in [-0.1, -0.05) is 55.4 Å². The highest BCUT2D eigenvalue weighted by atomic mass is 16.5. The Morgan fingerprint density at radius 1 is 0.383 bits per heavy atom. The molecule has 8 bridgehead atoms. The average Bonchev–Trinajstić information content (AvgIpc) is 4.02. The van der Waals surface area contributed by atoms with E-state index in [0.29, 0.717) is 50.1 Å². The third-order valence-corrected chi connectivity index (χ3v) is 10.7. The number of fused-ring (bicyclic) bond motifs is 8. The predicted octanol–water partition coefficient (Wildman–Crippen LogP) is 9.16. The van der Waals surface area contributed by atoms with Gasteiger partial charge in [-0.3, -0.25) is 0 Å². The number of aromatic nitrogens is 4. The molecule has 6 aromatic rings. The standard InChI is InChI=1S/C52H64N4O4/c1-33(2)17-21-57-43-25-37(26-44(31-43)58-22-18-34(3)4)51-47-13-9-39(53-47)29-41-11-15-49(55-41)52(50-16-12-42(56-50)30-40-10-14-48(51)54-40)38-27-45(59-23-19-35(5)6)32-46(28-38)60-24-20-36(7)8/h9-16,25-36,53-56H,17-24H2,1-8H3. The van der Waals surface area contributed by atoms with Gasteiger partial charge in [0.2, 0.25) is 0 Å². The van der Waals surface area contributed by atoms with Crippen LogP contribution in [0.1, 0.15) is 115 Å². The lowest BCUT2D eigenvalue weighted by Gasteiger charge is -2.15. The maximum Gasteiger partial charge on any atom is 0.123 e. The molecule has 8 nitrogen and oxygen atoms in total. The number of H-pyrrole nitrogens is 4. The highest BCUT2D eigenvalue weighted by molar-refractivity contribution is 5.81. The Balaban J connectivity index is 1.35. The fourth-order valence-corrected chi connectivity index (χ4v) is 7.23. The number of aromatic amines is 4. The molecule has 0 fully saturated rings. The number of hydrogen-bond donors (Lipinski definition) is 4. The van der Waals surface area contributed by atoms with Gasteiger partial charge < -0.3 is 38.9 Å². The summed E-state index contributed by atoms with van der Waals surface area (Å²) < 4.78 is 25.5. The molecule has 316 valence electrons. The van der Waals surface area contributed by atoms with Crippen LogP contribution < -0.4 is 40.3 Å². The van der Waals surface area contributed by atoms with Crippen LogP contribution in [0.5, 0.6) is 23.0 Å². The molecule has 2 aromatic carbocycles. The summed E-state index contributed by atoms with van der Waals surface area (Å²) in [4.78, 5) is 15.0. The third-order valence-electron chi connectivity index (χ3n) is 10.7. The summed E-state index contributed by atoms with van der Waals surface area (Å²) in [5.41, 5.74) is 7.98. The van der Waals surface area contributed by atoms with E-state index in [0.717, 1.165) is 115 Å². The van der Waals surface area contributed by atoms with E-state index in [1.807, 2.05) is 12.1 Å². The molecule has 5 heterocycles. The van der Waals surface area contributed by atoms with Crippen molar-refractivity contribution in [1.82, 2.24) is 19.9 Å². The fourth-order valence-electron chi connectivity index (χ4n) is 7.23. The summed E-state index contributed by atoms with van der Waals surface area (Å²) >= 11 is 0. The lowest BCUT2D eigenvalue weighted by atomic mass is 10.0. The normalized spacial score (nSPS) is 12.7. The van der Waals surface area contributed by atoms with Gasteiger partial charge in [0.05, 0.1) is 26.4 Å². The molecular weight excluding hydrogens is 745 g/mol. The first-order valence-corrected chi connectivity index (χ1v) is 22.0. The second kappa shape index (κ2) is 19.5. The number of nitrogens with one attached hydrogen (secondary N) is 4. The molecule has 7 rings (SSSR count). The SMILES string of the molecule is CC(C)CCOc1cc(OCCC(C)C)cc(C2=c3ccc([nH]3)=Cc3ccc([nH]3)C(c3cc(OCCC(C)C)cc(OCCC(C)C)c3)=c3ccc([nH]3)=Cc3ccc2[nH]3)c1. The maximum atomic E-state index is 6.37. The van der Waals surface area contributed by atoms with Gasteiger partial charge in [0.15, 0.2) is 0 Å². The molecule has 0 aliphatic carbocycles. The maximum absolute atomic E-state index is 6.37. The Morgan fingerprint density at radius 2 is 0.717 bits per heavy atom. The van der Waals surface area contributed by atoms with E-state index >= 15 is 0 Å². The Bertz CT molecular complexity index is 2350. The van der Waals surface area contributed by atoms with Gasteiger partial charge in [-0.2, -0.15) is 0 Å². The highest BCUT2D eigenvalue weighted by Crippen LogP contribution is 2.32. The number of ether oxygens (including phenoxy) is 4. The fraction of sp³-hybridized carbons (Fsp3) is 0.385. The van der Waals surface area contributed by atoms with Gasteiger partial charge in [0.25, 0.3) is 0 Å². The van der Waals surface area contributed by atoms with Crippen LogP contribution in [-0.2, 0) is 0 Å². The average molecular weight is 809 g/mol. The van der Waals surface area contributed by atoms with E-state index in [2.05, 4.69) is 160 Å². The van der Waals surface area contributed by atoms with Crippen LogP contribution in [0.15, 0.2) is 84.9 Å². The smallest absolute Gasteiger partial charge is 0.123 e. The quantitative estimate of drug-likeness (QED) is 0.0695. The van der Waals surface area contributed by atoms with E-state index in [1.165, 1.54) is 0 Å². The number of hydrogen-bond acceptors (Lipinski definition) is 4. The molecule has 0 radical (unpaired) electrons. The van der Waals surface area contributed by atoms with Crippen molar-refractivity contribution in [2.24, 2.45) is 23.7 Å². The van der Waals surface area contributed by atoms with E-state index in [-0.39, 0.29) is 0 Å². The first-order valence-electron chi connectivity index (χ1n) is 22.0. The topological polar surface area (TPSA) is 100 Å². The van der Waals surface area contributed by atoms with Gasteiger partial charge >= 0.3 is 0 Å². The molecule has 0 spiro atoms. The van der Waals surface area contributed by atoms with E-state index in [4.69, 9.17) is 18.9 Å². The Hall–Kier alpha value is -5.76. The van der Waals surface area contributed by atoms with Gasteiger partial charge in [0, 0.05) is 67.5 Å². The van der Waals surface area contributed by atoms with Crippen molar-refractivity contribution < 1.29 is 18.9 Å². The van der Waals surface area contributed by atoms with Crippen LogP contribution in [0, 0.1) is 23.7 Å². The molecule has 0 saturated carbocycles. The van der Waals surface area contributed by atoms with Crippen molar-refractivity contribution in [2.75, 3.05) is 26.4 Å². The zero-order chi connectivity index (χ0) is 42.2. The van der Waals surface area contributed by atoms with Crippen LogP contribution in [-0.4, -0.2) is 46.4 Å². The number of rotatable bonds is 18. The first-order chi connectivity index (χ1) is 28.9. The largest absolute Gasteiger partial charge is 0.493 e. The summed E-state index contributed by atoms with van der Waals surface area (Å²) in [7, 11) is 0. The third kappa shape index (κ3) is 11.3. The second-order valence-corrected chi connectivity index (χ2v) is 17.9. The lowest BCUT2D eigenvalue weighted by Crippen LogP contribution is -2.16. The van der Waals surface area contributed by atoms with Crippen molar-refractivity contribution >= 4 is 23.3 Å². The molecule has 4 aromatic heterocycles. The molecule has 0 saturated heterocycles.